The molecule has 16 heavy (non-hydrogen) atoms. The molecule has 6 heteroatoms. The first-order chi connectivity index (χ1) is 7.57. The molecular formula is C10H17NO5. The molecular weight excluding hydrogens is 214 g/mol. The topological polar surface area (TPSA) is 98.1 Å². The summed E-state index contributed by atoms with van der Waals surface area (Å²) in [6, 6.07) is -1.62. The van der Waals surface area contributed by atoms with E-state index in [4.69, 9.17) is 15.3 Å². The summed E-state index contributed by atoms with van der Waals surface area (Å²) >= 11 is 0. The molecule has 0 radical (unpaired) electrons. The number of aliphatic carboxylic acids is 1. The molecule has 0 aromatic heterocycles. The van der Waals surface area contributed by atoms with Crippen molar-refractivity contribution in [1.82, 2.24) is 4.90 Å². The molecule has 92 valence electrons. The van der Waals surface area contributed by atoms with Gasteiger partial charge < -0.3 is 15.3 Å². The Balaban J connectivity index is 2.79. The highest BCUT2D eigenvalue weighted by Crippen LogP contribution is 2.24. The van der Waals surface area contributed by atoms with E-state index in [2.05, 4.69) is 0 Å². The monoisotopic (exact) mass is 231 g/mol. The van der Waals surface area contributed by atoms with Crippen molar-refractivity contribution in [3.63, 3.8) is 0 Å². The second kappa shape index (κ2) is 5.69. The summed E-state index contributed by atoms with van der Waals surface area (Å²) in [5, 5.41) is 26.8. The second-order valence-corrected chi connectivity index (χ2v) is 4.02. The Morgan fingerprint density at radius 2 is 1.75 bits per heavy atom. The zero-order valence-corrected chi connectivity index (χ0v) is 9.00. The van der Waals surface area contributed by atoms with Gasteiger partial charge in [0.1, 0.15) is 0 Å². The van der Waals surface area contributed by atoms with Gasteiger partial charge in [-0.2, -0.15) is 0 Å². The van der Waals surface area contributed by atoms with Gasteiger partial charge in [0.05, 0.1) is 6.61 Å². The minimum atomic E-state index is -1.35. The van der Waals surface area contributed by atoms with E-state index in [-0.39, 0.29) is 6.04 Å². The fourth-order valence-electron chi connectivity index (χ4n) is 2.19. The van der Waals surface area contributed by atoms with E-state index in [0.29, 0.717) is 12.8 Å². The maximum absolute atomic E-state index is 11.1. The van der Waals surface area contributed by atoms with E-state index in [9.17, 15) is 9.59 Å². The normalized spacial score (nSPS) is 19.1. The molecule has 1 fully saturated rings. The van der Waals surface area contributed by atoms with Crippen molar-refractivity contribution in [2.75, 3.05) is 6.61 Å². The maximum atomic E-state index is 11.1. The number of carbonyl (C=O) groups is 2. The summed E-state index contributed by atoms with van der Waals surface area (Å²) in [6.45, 7) is -0.682. The molecule has 0 aromatic carbocycles. The average Bonchev–Trinajstić information content (AvgIpc) is 2.25. The minimum Gasteiger partial charge on any atom is -0.480 e. The Hall–Kier alpha value is -1.30. The predicted molar refractivity (Wildman–Crippen MR) is 55.2 cm³/mol. The largest absolute Gasteiger partial charge is 0.480 e. The minimum absolute atomic E-state index is 0.278. The quantitative estimate of drug-likeness (QED) is 0.663. The van der Waals surface area contributed by atoms with Crippen LogP contribution in [0.25, 0.3) is 0 Å². The van der Waals surface area contributed by atoms with Crippen LogP contribution in [-0.2, 0) is 4.79 Å². The highest BCUT2D eigenvalue weighted by Gasteiger charge is 2.35. The van der Waals surface area contributed by atoms with Gasteiger partial charge in [-0.05, 0) is 12.8 Å². The Bertz CT molecular complexity index is 262. The number of rotatable bonds is 4. The number of hydrogen-bond donors (Lipinski definition) is 3. The Morgan fingerprint density at radius 3 is 2.12 bits per heavy atom. The second-order valence-electron chi connectivity index (χ2n) is 4.02. The molecule has 1 rings (SSSR count). The SMILES string of the molecule is O=C(O)[C@H](CO)N(C(=O)O)C1CCCCC1. The number of aliphatic hydroxyl groups is 1. The van der Waals surface area contributed by atoms with Crippen LogP contribution in [0.1, 0.15) is 32.1 Å². The van der Waals surface area contributed by atoms with Crippen LogP contribution < -0.4 is 0 Å². The smallest absolute Gasteiger partial charge is 0.408 e. The van der Waals surface area contributed by atoms with Crippen LogP contribution in [0.4, 0.5) is 4.79 Å². The van der Waals surface area contributed by atoms with Crippen molar-refractivity contribution in [2.24, 2.45) is 0 Å². The van der Waals surface area contributed by atoms with Crippen LogP contribution >= 0.6 is 0 Å². The van der Waals surface area contributed by atoms with E-state index in [1.807, 2.05) is 0 Å². The number of amides is 1. The summed E-state index contributed by atoms with van der Waals surface area (Å²) in [5.41, 5.74) is 0. The van der Waals surface area contributed by atoms with Crippen LogP contribution in [-0.4, -0.2) is 51.0 Å². The summed E-state index contributed by atoms with van der Waals surface area (Å²) in [7, 11) is 0. The van der Waals surface area contributed by atoms with Crippen molar-refractivity contribution in [3.8, 4) is 0 Å². The van der Waals surface area contributed by atoms with Crippen molar-refractivity contribution in [3.05, 3.63) is 0 Å². The van der Waals surface area contributed by atoms with Gasteiger partial charge in [-0.1, -0.05) is 19.3 Å². The lowest BCUT2D eigenvalue weighted by Gasteiger charge is -2.35. The van der Waals surface area contributed by atoms with Crippen LogP contribution in [0.2, 0.25) is 0 Å². The lowest BCUT2D eigenvalue weighted by molar-refractivity contribution is -0.145. The van der Waals surface area contributed by atoms with E-state index in [1.54, 1.807) is 0 Å². The first kappa shape index (κ1) is 12.8. The van der Waals surface area contributed by atoms with Crippen LogP contribution in [0.3, 0.4) is 0 Å². The van der Waals surface area contributed by atoms with Gasteiger partial charge >= 0.3 is 12.1 Å². The van der Waals surface area contributed by atoms with E-state index in [1.165, 1.54) is 0 Å². The molecule has 6 nitrogen and oxygen atoms in total. The predicted octanol–water partition coefficient (Wildman–Crippen LogP) is 0.745. The number of aliphatic hydroxyl groups excluding tert-OH is 1. The van der Waals surface area contributed by atoms with Crippen LogP contribution in [0.15, 0.2) is 0 Å². The lowest BCUT2D eigenvalue weighted by Crippen LogP contribution is -2.52. The van der Waals surface area contributed by atoms with Gasteiger partial charge in [0, 0.05) is 6.04 Å². The van der Waals surface area contributed by atoms with E-state index in [0.717, 1.165) is 24.2 Å². The molecule has 1 aliphatic carbocycles. The molecule has 1 atom stereocenters. The third-order valence-electron chi connectivity index (χ3n) is 2.98. The van der Waals surface area contributed by atoms with Gasteiger partial charge in [-0.15, -0.1) is 0 Å². The zero-order chi connectivity index (χ0) is 12.1. The standard InChI is InChI=1S/C10H17NO5/c12-6-8(9(13)14)11(10(15)16)7-4-2-1-3-5-7/h7-8,12H,1-6H2,(H,13,14)(H,15,16)/t8-/m0/s1. The molecule has 0 aromatic rings. The fraction of sp³-hybridized carbons (Fsp3) is 0.800. The number of carboxylic acid groups (broad SMARTS) is 2. The molecule has 1 saturated carbocycles. The molecule has 0 saturated heterocycles. The molecule has 0 bridgehead atoms. The van der Waals surface area contributed by atoms with Crippen molar-refractivity contribution < 1.29 is 24.9 Å². The molecule has 3 N–H and O–H groups in total. The highest BCUT2D eigenvalue weighted by molar-refractivity contribution is 5.79. The van der Waals surface area contributed by atoms with E-state index < -0.39 is 24.7 Å². The highest BCUT2D eigenvalue weighted by atomic mass is 16.4. The Labute approximate surface area is 93.5 Å². The molecule has 0 aliphatic heterocycles. The third kappa shape index (κ3) is 2.85. The van der Waals surface area contributed by atoms with E-state index >= 15 is 0 Å². The van der Waals surface area contributed by atoms with Crippen LogP contribution in [0, 0.1) is 0 Å². The maximum Gasteiger partial charge on any atom is 0.408 e. The Morgan fingerprint density at radius 1 is 1.19 bits per heavy atom. The van der Waals surface area contributed by atoms with Crippen molar-refractivity contribution >= 4 is 12.1 Å². The van der Waals surface area contributed by atoms with Crippen molar-refractivity contribution in [1.29, 1.82) is 0 Å². The van der Waals surface area contributed by atoms with Gasteiger partial charge in [0.25, 0.3) is 0 Å². The summed E-state index contributed by atoms with van der Waals surface area (Å²) in [5.74, 6) is -1.30. The summed E-state index contributed by atoms with van der Waals surface area (Å²) < 4.78 is 0. The van der Waals surface area contributed by atoms with Gasteiger partial charge in [0.15, 0.2) is 6.04 Å². The zero-order valence-electron chi connectivity index (χ0n) is 9.00. The van der Waals surface area contributed by atoms with Gasteiger partial charge in [-0.25, -0.2) is 9.59 Å². The fourth-order valence-corrected chi connectivity index (χ4v) is 2.19. The molecule has 1 amide bonds. The number of nitrogens with zero attached hydrogens (tertiary/aromatic N) is 1. The number of hydrogen-bond acceptors (Lipinski definition) is 3. The van der Waals surface area contributed by atoms with Crippen LogP contribution in [0.5, 0.6) is 0 Å². The number of carboxylic acids is 1. The lowest BCUT2D eigenvalue weighted by atomic mass is 9.93. The first-order valence-corrected chi connectivity index (χ1v) is 5.43. The summed E-state index contributed by atoms with van der Waals surface area (Å²) in [4.78, 5) is 22.8. The molecule has 0 spiro atoms. The van der Waals surface area contributed by atoms with Crippen molar-refractivity contribution in [2.45, 2.75) is 44.2 Å². The first-order valence-electron chi connectivity index (χ1n) is 5.43. The molecule has 1 aliphatic rings. The third-order valence-corrected chi connectivity index (χ3v) is 2.98. The average molecular weight is 231 g/mol. The van der Waals surface area contributed by atoms with Gasteiger partial charge in [0.2, 0.25) is 0 Å². The Kier molecular flexibility index (Phi) is 4.54. The molecule has 0 heterocycles. The summed E-state index contributed by atoms with van der Waals surface area (Å²) in [6.07, 6.45) is 2.96. The molecule has 0 unspecified atom stereocenters. The van der Waals surface area contributed by atoms with Gasteiger partial charge in [-0.3, -0.25) is 4.90 Å².